The molecule has 2 heterocycles. The van der Waals surface area contributed by atoms with Gasteiger partial charge < -0.3 is 10.3 Å². The number of imidazole rings is 1. The molecular weight excluding hydrogens is 210 g/mol. The van der Waals surface area contributed by atoms with Gasteiger partial charge in [-0.15, -0.1) is 0 Å². The molecule has 0 amide bonds. The molecule has 3 nitrogen and oxygen atoms in total. The highest BCUT2D eigenvalue weighted by Crippen LogP contribution is 2.32. The quantitative estimate of drug-likeness (QED) is 0.761. The highest BCUT2D eigenvalue weighted by atomic mass is 15.1. The molecule has 0 saturated carbocycles. The molecule has 3 heteroatoms. The molecule has 1 aromatic heterocycles. The van der Waals surface area contributed by atoms with E-state index >= 15 is 0 Å². The van der Waals surface area contributed by atoms with Crippen molar-refractivity contribution in [1.29, 1.82) is 0 Å². The van der Waals surface area contributed by atoms with Gasteiger partial charge in [-0.2, -0.15) is 0 Å². The van der Waals surface area contributed by atoms with Crippen LogP contribution in [0.15, 0.2) is 30.5 Å². The third-order valence-corrected chi connectivity index (χ3v) is 3.60. The molecule has 1 aliphatic rings. The minimum Gasteiger partial charge on any atom is -0.399 e. The van der Waals surface area contributed by atoms with Crippen molar-refractivity contribution in [2.45, 2.75) is 32.2 Å². The van der Waals surface area contributed by atoms with Crippen LogP contribution in [0, 0.1) is 6.92 Å². The summed E-state index contributed by atoms with van der Waals surface area (Å²) < 4.78 is 2.37. The number of aromatic nitrogens is 2. The molecule has 1 atom stereocenters. The van der Waals surface area contributed by atoms with E-state index in [9.17, 15) is 0 Å². The largest absolute Gasteiger partial charge is 0.399 e. The maximum absolute atomic E-state index is 5.74. The van der Waals surface area contributed by atoms with Gasteiger partial charge in [-0.25, -0.2) is 4.98 Å². The predicted molar refractivity (Wildman–Crippen MR) is 68.9 cm³/mol. The third-order valence-electron chi connectivity index (χ3n) is 3.60. The molecule has 2 N–H and O–H groups in total. The first-order chi connectivity index (χ1) is 8.25. The van der Waals surface area contributed by atoms with Crippen LogP contribution in [0.5, 0.6) is 0 Å². The van der Waals surface area contributed by atoms with E-state index in [0.29, 0.717) is 6.04 Å². The molecule has 0 fully saturated rings. The molecule has 17 heavy (non-hydrogen) atoms. The number of nitrogens with two attached hydrogens (primary N) is 1. The van der Waals surface area contributed by atoms with E-state index in [0.717, 1.165) is 17.9 Å². The second kappa shape index (κ2) is 3.91. The van der Waals surface area contributed by atoms with E-state index in [1.54, 1.807) is 0 Å². The van der Waals surface area contributed by atoms with Crippen LogP contribution < -0.4 is 5.73 Å². The van der Waals surface area contributed by atoms with Gasteiger partial charge in [-0.05, 0) is 43.9 Å². The molecule has 1 unspecified atom stereocenters. The van der Waals surface area contributed by atoms with Crippen LogP contribution in [0.3, 0.4) is 0 Å². The molecule has 0 saturated heterocycles. The second-order valence-corrected chi connectivity index (χ2v) is 4.74. The number of hydrogen-bond acceptors (Lipinski definition) is 2. The number of rotatable bonds is 1. The Kier molecular flexibility index (Phi) is 2.39. The average Bonchev–Trinajstić information content (AvgIpc) is 2.73. The second-order valence-electron chi connectivity index (χ2n) is 4.74. The highest BCUT2D eigenvalue weighted by molar-refractivity contribution is 5.40. The zero-order valence-electron chi connectivity index (χ0n) is 10.1. The zero-order chi connectivity index (χ0) is 11.8. The molecule has 0 bridgehead atoms. The summed E-state index contributed by atoms with van der Waals surface area (Å²) in [5, 5.41) is 0. The summed E-state index contributed by atoms with van der Waals surface area (Å²) in [6, 6.07) is 8.66. The van der Waals surface area contributed by atoms with Gasteiger partial charge in [0.1, 0.15) is 5.82 Å². The van der Waals surface area contributed by atoms with Crippen molar-refractivity contribution in [2.75, 3.05) is 5.73 Å². The molecule has 0 spiro atoms. The number of benzene rings is 1. The molecule has 3 rings (SSSR count). The van der Waals surface area contributed by atoms with Crippen molar-refractivity contribution in [3.8, 4) is 0 Å². The summed E-state index contributed by atoms with van der Waals surface area (Å²) in [6.45, 7) is 2.08. The lowest BCUT2D eigenvalue weighted by Crippen LogP contribution is -2.19. The topological polar surface area (TPSA) is 43.8 Å². The zero-order valence-corrected chi connectivity index (χ0v) is 10.1. The first-order valence-corrected chi connectivity index (χ1v) is 6.14. The summed E-state index contributed by atoms with van der Waals surface area (Å²) in [6.07, 6.45) is 5.58. The summed E-state index contributed by atoms with van der Waals surface area (Å²) >= 11 is 0. The minimum absolute atomic E-state index is 0.432. The van der Waals surface area contributed by atoms with E-state index < -0.39 is 0 Å². The van der Waals surface area contributed by atoms with Crippen LogP contribution in [0.2, 0.25) is 0 Å². The van der Waals surface area contributed by atoms with Gasteiger partial charge in [0.2, 0.25) is 0 Å². The predicted octanol–water partition coefficient (Wildman–Crippen LogP) is 2.70. The van der Waals surface area contributed by atoms with Gasteiger partial charge in [-0.3, -0.25) is 0 Å². The van der Waals surface area contributed by atoms with E-state index in [1.807, 2.05) is 18.3 Å². The van der Waals surface area contributed by atoms with E-state index in [2.05, 4.69) is 28.6 Å². The first kappa shape index (κ1) is 10.4. The number of aryl methyl sites for hydroxylation is 2. The van der Waals surface area contributed by atoms with E-state index in [1.165, 1.54) is 24.1 Å². The Morgan fingerprint density at radius 2 is 2.06 bits per heavy atom. The number of nitrogens with zero attached hydrogens (tertiary/aromatic N) is 2. The molecule has 1 aliphatic heterocycles. The normalized spacial score (nSPS) is 19.0. The number of fused-ring (bicyclic) bond motifs is 1. The lowest BCUT2D eigenvalue weighted by atomic mass is 9.96. The average molecular weight is 227 g/mol. The van der Waals surface area contributed by atoms with E-state index in [-0.39, 0.29) is 0 Å². The Hall–Kier alpha value is -1.77. The Morgan fingerprint density at radius 3 is 2.82 bits per heavy atom. The molecular formula is C14H17N3. The van der Waals surface area contributed by atoms with Gasteiger partial charge in [-0.1, -0.05) is 12.1 Å². The molecule has 0 aliphatic carbocycles. The van der Waals surface area contributed by atoms with Crippen LogP contribution in [0.25, 0.3) is 0 Å². The van der Waals surface area contributed by atoms with Crippen LogP contribution in [0.1, 0.15) is 36.0 Å². The molecule has 1 aromatic carbocycles. The Labute approximate surface area is 101 Å². The van der Waals surface area contributed by atoms with Crippen LogP contribution in [-0.4, -0.2) is 9.55 Å². The maximum Gasteiger partial charge on any atom is 0.106 e. The lowest BCUT2D eigenvalue weighted by Gasteiger charge is -2.27. The number of nitrogen functional groups attached to an aromatic ring is 1. The van der Waals surface area contributed by atoms with Gasteiger partial charge in [0, 0.05) is 17.6 Å². The Morgan fingerprint density at radius 1 is 1.29 bits per heavy atom. The maximum atomic E-state index is 5.74. The SMILES string of the molecule is Cc1ncc2n1C(c1ccc(N)cc1)CCC2. The van der Waals surface area contributed by atoms with Gasteiger partial charge in [0.25, 0.3) is 0 Å². The number of hydrogen-bond donors (Lipinski definition) is 1. The van der Waals surface area contributed by atoms with Crippen molar-refractivity contribution in [3.63, 3.8) is 0 Å². The Bertz CT molecular complexity index is 525. The highest BCUT2D eigenvalue weighted by Gasteiger charge is 2.22. The van der Waals surface area contributed by atoms with Crippen molar-refractivity contribution < 1.29 is 0 Å². The molecule has 2 aromatic rings. The van der Waals surface area contributed by atoms with Crippen LogP contribution in [-0.2, 0) is 6.42 Å². The fourth-order valence-corrected chi connectivity index (χ4v) is 2.75. The fourth-order valence-electron chi connectivity index (χ4n) is 2.75. The monoisotopic (exact) mass is 227 g/mol. The van der Waals surface area contributed by atoms with Crippen LogP contribution in [0.4, 0.5) is 5.69 Å². The fraction of sp³-hybridized carbons (Fsp3) is 0.357. The van der Waals surface area contributed by atoms with Crippen LogP contribution >= 0.6 is 0 Å². The van der Waals surface area contributed by atoms with Crippen molar-refractivity contribution in [2.24, 2.45) is 0 Å². The first-order valence-electron chi connectivity index (χ1n) is 6.14. The van der Waals surface area contributed by atoms with Crippen molar-refractivity contribution in [1.82, 2.24) is 9.55 Å². The smallest absolute Gasteiger partial charge is 0.106 e. The lowest BCUT2D eigenvalue weighted by molar-refractivity contribution is 0.449. The third kappa shape index (κ3) is 1.71. The molecule has 88 valence electrons. The van der Waals surface area contributed by atoms with Crippen molar-refractivity contribution in [3.05, 3.63) is 47.5 Å². The minimum atomic E-state index is 0.432. The number of anilines is 1. The van der Waals surface area contributed by atoms with Gasteiger partial charge in [0.15, 0.2) is 0 Å². The van der Waals surface area contributed by atoms with Crippen molar-refractivity contribution >= 4 is 5.69 Å². The summed E-state index contributed by atoms with van der Waals surface area (Å²) in [5.41, 5.74) is 9.26. The molecule has 0 radical (unpaired) electrons. The Balaban J connectivity index is 2.05. The standard InChI is InChI=1S/C14H17N3/c1-10-16-9-13-3-2-4-14(17(10)13)11-5-7-12(15)8-6-11/h5-9,14H,2-4,15H2,1H3. The van der Waals surface area contributed by atoms with E-state index in [4.69, 9.17) is 5.73 Å². The summed E-state index contributed by atoms with van der Waals surface area (Å²) in [5.74, 6) is 1.11. The van der Waals surface area contributed by atoms with Gasteiger partial charge >= 0.3 is 0 Å². The summed E-state index contributed by atoms with van der Waals surface area (Å²) in [4.78, 5) is 4.43. The van der Waals surface area contributed by atoms with Gasteiger partial charge in [0.05, 0.1) is 6.04 Å². The summed E-state index contributed by atoms with van der Waals surface area (Å²) in [7, 11) is 0.